The fraction of sp³-hybridized carbons (Fsp3) is 0.538. The highest BCUT2D eigenvalue weighted by Gasteiger charge is 2.34. The van der Waals surface area contributed by atoms with Gasteiger partial charge in [-0.25, -0.2) is 14.8 Å². The summed E-state index contributed by atoms with van der Waals surface area (Å²) in [4.78, 5) is 24.3. The van der Waals surface area contributed by atoms with Gasteiger partial charge in [-0.2, -0.15) is 11.3 Å². The lowest BCUT2D eigenvalue weighted by atomic mass is 10.2. The summed E-state index contributed by atoms with van der Waals surface area (Å²) in [6.45, 7) is 6.50. The maximum Gasteiger partial charge on any atom is 0.429 e. The smallest absolute Gasteiger partial charge is 0.429 e. The Hall–Kier alpha value is -1.56. The van der Waals surface area contributed by atoms with Gasteiger partial charge >= 0.3 is 6.09 Å². The predicted octanol–water partition coefficient (Wildman–Crippen LogP) is 2.75. The number of carbonyl (C=O) groups is 2. The summed E-state index contributed by atoms with van der Waals surface area (Å²) in [6, 6.07) is 1.76. The number of carbonyl (C=O) groups excluding carboxylic acids is 2. The van der Waals surface area contributed by atoms with Crippen LogP contribution in [0.3, 0.4) is 0 Å². The highest BCUT2D eigenvalue weighted by Crippen LogP contribution is 2.19. The van der Waals surface area contributed by atoms with Gasteiger partial charge in [0.1, 0.15) is 5.60 Å². The first-order chi connectivity index (χ1) is 8.88. The number of hydrogen-bond donors (Lipinski definition) is 0. The number of ether oxygens (including phenoxy) is 1. The monoisotopic (exact) mass is 282 g/mol. The van der Waals surface area contributed by atoms with Gasteiger partial charge in [0.2, 0.25) is 0 Å². The molecule has 0 unspecified atom stereocenters. The molecule has 1 aliphatic heterocycles. The van der Waals surface area contributed by atoms with Crippen LogP contribution in [0.2, 0.25) is 0 Å². The quantitative estimate of drug-likeness (QED) is 0.796. The van der Waals surface area contributed by atoms with Crippen molar-refractivity contribution in [1.82, 2.24) is 10.0 Å². The summed E-state index contributed by atoms with van der Waals surface area (Å²) in [5, 5.41) is 6.50. The van der Waals surface area contributed by atoms with E-state index in [4.69, 9.17) is 4.74 Å². The second-order valence-corrected chi connectivity index (χ2v) is 6.18. The summed E-state index contributed by atoms with van der Waals surface area (Å²) in [7, 11) is 0. The van der Waals surface area contributed by atoms with Crippen molar-refractivity contribution in [3.8, 4) is 0 Å². The first-order valence-corrected chi connectivity index (χ1v) is 7.17. The Kier molecular flexibility index (Phi) is 3.80. The van der Waals surface area contributed by atoms with Crippen LogP contribution in [0.4, 0.5) is 4.79 Å². The molecule has 2 rings (SSSR count). The molecule has 1 aromatic heterocycles. The fourth-order valence-corrected chi connectivity index (χ4v) is 2.49. The van der Waals surface area contributed by atoms with Crippen LogP contribution in [-0.4, -0.2) is 40.7 Å². The zero-order valence-corrected chi connectivity index (χ0v) is 12.2. The van der Waals surface area contributed by atoms with Crippen molar-refractivity contribution in [1.29, 1.82) is 0 Å². The minimum absolute atomic E-state index is 0.149. The van der Waals surface area contributed by atoms with Crippen LogP contribution in [0, 0.1) is 0 Å². The Morgan fingerprint density at radius 1 is 1.26 bits per heavy atom. The van der Waals surface area contributed by atoms with Gasteiger partial charge in [0, 0.05) is 18.5 Å². The van der Waals surface area contributed by atoms with Gasteiger partial charge < -0.3 is 4.74 Å². The van der Waals surface area contributed by atoms with Crippen LogP contribution in [0.1, 0.15) is 37.6 Å². The van der Waals surface area contributed by atoms with Crippen molar-refractivity contribution in [3.05, 3.63) is 22.4 Å². The lowest BCUT2D eigenvalue weighted by Crippen LogP contribution is -2.46. The molecule has 0 atom stereocenters. The van der Waals surface area contributed by atoms with Crippen molar-refractivity contribution in [2.45, 2.75) is 32.8 Å². The van der Waals surface area contributed by atoms with Crippen LogP contribution in [0.5, 0.6) is 0 Å². The highest BCUT2D eigenvalue weighted by molar-refractivity contribution is 7.08. The van der Waals surface area contributed by atoms with Gasteiger partial charge in [-0.3, -0.25) is 4.79 Å². The van der Waals surface area contributed by atoms with E-state index in [1.165, 1.54) is 21.4 Å². The second-order valence-electron chi connectivity index (χ2n) is 5.40. The molecule has 0 N–H and O–H groups in total. The molecule has 0 bridgehead atoms. The predicted molar refractivity (Wildman–Crippen MR) is 72.9 cm³/mol. The van der Waals surface area contributed by atoms with Crippen molar-refractivity contribution in [2.75, 3.05) is 13.1 Å². The summed E-state index contributed by atoms with van der Waals surface area (Å²) in [5.74, 6) is -0.149. The maximum atomic E-state index is 12.3. The van der Waals surface area contributed by atoms with Gasteiger partial charge in [-0.1, -0.05) is 0 Å². The molecule has 19 heavy (non-hydrogen) atoms. The summed E-state index contributed by atoms with van der Waals surface area (Å²) in [6.07, 6.45) is 0.309. The average molecular weight is 282 g/mol. The van der Waals surface area contributed by atoms with Gasteiger partial charge in [-0.05, 0) is 38.6 Å². The Morgan fingerprint density at radius 2 is 1.95 bits per heavy atom. The van der Waals surface area contributed by atoms with Crippen LogP contribution in [-0.2, 0) is 4.74 Å². The van der Waals surface area contributed by atoms with E-state index in [-0.39, 0.29) is 5.91 Å². The number of hydrazine groups is 1. The first kappa shape index (κ1) is 13.9. The zero-order chi connectivity index (χ0) is 14.0. The fourth-order valence-electron chi connectivity index (χ4n) is 1.86. The van der Waals surface area contributed by atoms with Crippen molar-refractivity contribution < 1.29 is 14.3 Å². The van der Waals surface area contributed by atoms with E-state index >= 15 is 0 Å². The van der Waals surface area contributed by atoms with E-state index in [0.717, 1.165) is 6.42 Å². The number of nitrogens with zero attached hydrogens (tertiary/aromatic N) is 2. The van der Waals surface area contributed by atoms with Gasteiger partial charge in [0.25, 0.3) is 5.91 Å². The molecule has 0 aromatic carbocycles. The second kappa shape index (κ2) is 5.21. The van der Waals surface area contributed by atoms with E-state index in [9.17, 15) is 9.59 Å². The van der Waals surface area contributed by atoms with E-state index in [2.05, 4.69) is 0 Å². The van der Waals surface area contributed by atoms with Crippen molar-refractivity contribution >= 4 is 23.3 Å². The number of thiophene rings is 1. The maximum absolute atomic E-state index is 12.3. The number of amides is 2. The summed E-state index contributed by atoms with van der Waals surface area (Å²) in [5.41, 5.74) is 0.0528. The summed E-state index contributed by atoms with van der Waals surface area (Å²) < 4.78 is 5.32. The molecule has 0 spiro atoms. The van der Waals surface area contributed by atoms with Crippen LogP contribution < -0.4 is 0 Å². The number of rotatable bonds is 1. The third kappa shape index (κ3) is 3.26. The average Bonchev–Trinajstić information content (AvgIpc) is 2.97. The molecule has 2 amide bonds. The molecule has 1 aromatic rings. The molecular weight excluding hydrogens is 264 g/mol. The minimum Gasteiger partial charge on any atom is -0.442 e. The molecule has 104 valence electrons. The van der Waals surface area contributed by atoms with Crippen LogP contribution in [0.15, 0.2) is 16.8 Å². The van der Waals surface area contributed by atoms with Gasteiger partial charge in [0.15, 0.2) is 0 Å². The molecule has 6 heteroatoms. The van der Waals surface area contributed by atoms with Crippen LogP contribution >= 0.6 is 11.3 Å². The Morgan fingerprint density at radius 3 is 2.53 bits per heavy atom. The Labute approximate surface area is 116 Å². The topological polar surface area (TPSA) is 49.9 Å². The molecule has 1 aliphatic rings. The molecular formula is C13H18N2O3S. The molecule has 5 nitrogen and oxygen atoms in total. The normalized spacial score (nSPS) is 15.7. The van der Waals surface area contributed by atoms with Gasteiger partial charge in [0.05, 0.1) is 5.56 Å². The third-order valence-electron chi connectivity index (χ3n) is 2.64. The van der Waals surface area contributed by atoms with E-state index in [1.807, 2.05) is 26.2 Å². The SMILES string of the molecule is CC(C)(C)OC(=O)N1CCCN1C(=O)c1ccsc1. The zero-order valence-electron chi connectivity index (χ0n) is 11.4. The first-order valence-electron chi connectivity index (χ1n) is 6.23. The third-order valence-corrected chi connectivity index (χ3v) is 3.32. The molecule has 1 fully saturated rings. The number of hydrogen-bond acceptors (Lipinski definition) is 4. The lowest BCUT2D eigenvalue weighted by molar-refractivity contribution is -0.0193. The largest absolute Gasteiger partial charge is 0.442 e. The van der Waals surface area contributed by atoms with Crippen molar-refractivity contribution in [3.63, 3.8) is 0 Å². The molecule has 1 saturated heterocycles. The van der Waals surface area contributed by atoms with E-state index in [0.29, 0.717) is 18.7 Å². The molecule has 2 heterocycles. The van der Waals surface area contributed by atoms with Gasteiger partial charge in [-0.15, -0.1) is 0 Å². The van der Waals surface area contributed by atoms with Crippen LogP contribution in [0.25, 0.3) is 0 Å². The van der Waals surface area contributed by atoms with Crippen molar-refractivity contribution in [2.24, 2.45) is 0 Å². The Bertz CT molecular complexity index is 465. The lowest BCUT2D eigenvalue weighted by Gasteiger charge is -2.30. The molecule has 0 radical (unpaired) electrons. The van der Waals surface area contributed by atoms with E-state index < -0.39 is 11.7 Å². The standard InChI is InChI=1S/C13H18N2O3S/c1-13(2,3)18-12(17)15-7-4-6-14(15)11(16)10-5-8-19-9-10/h5,8-9H,4,6-7H2,1-3H3. The summed E-state index contributed by atoms with van der Waals surface area (Å²) >= 11 is 1.46. The highest BCUT2D eigenvalue weighted by atomic mass is 32.1. The Balaban J connectivity index is 2.09. The van der Waals surface area contributed by atoms with E-state index in [1.54, 1.807) is 11.4 Å². The minimum atomic E-state index is -0.559. The molecule has 0 aliphatic carbocycles. The molecule has 0 saturated carbocycles.